The molecule has 0 saturated carbocycles. The zero-order valence-corrected chi connectivity index (χ0v) is 18.0. The van der Waals surface area contributed by atoms with Crippen molar-refractivity contribution in [3.63, 3.8) is 0 Å². The first-order valence-electron chi connectivity index (χ1n) is 10.5. The van der Waals surface area contributed by atoms with E-state index in [4.69, 9.17) is 0 Å². The highest BCUT2D eigenvalue weighted by Gasteiger charge is 2.24. The molecule has 1 aliphatic rings. The maximum absolute atomic E-state index is 12.5. The van der Waals surface area contributed by atoms with Crippen LogP contribution in [0, 0.1) is 12.8 Å². The minimum Gasteiger partial charge on any atom is -0.465 e. The molecule has 2 N–H and O–H groups in total. The molecule has 2 aromatic rings. The number of carbonyl (C=O) groups excluding carboxylic acids is 3. The number of urea groups is 1. The van der Waals surface area contributed by atoms with Gasteiger partial charge in [0.05, 0.1) is 12.7 Å². The lowest BCUT2D eigenvalue weighted by Gasteiger charge is -2.31. The van der Waals surface area contributed by atoms with Crippen molar-refractivity contribution >= 4 is 23.6 Å². The number of anilines is 1. The summed E-state index contributed by atoms with van der Waals surface area (Å²) in [6.07, 6.45) is 2.08. The molecule has 2 aromatic carbocycles. The molecule has 31 heavy (non-hydrogen) atoms. The molecule has 0 spiro atoms. The molecular weight excluding hydrogens is 394 g/mol. The topological polar surface area (TPSA) is 87.7 Å². The Morgan fingerprint density at radius 1 is 1.03 bits per heavy atom. The van der Waals surface area contributed by atoms with Gasteiger partial charge < -0.3 is 20.3 Å². The third-order valence-corrected chi connectivity index (χ3v) is 5.67. The lowest BCUT2D eigenvalue weighted by molar-refractivity contribution is -0.122. The van der Waals surface area contributed by atoms with Crippen LogP contribution in [-0.4, -0.2) is 43.0 Å². The predicted molar refractivity (Wildman–Crippen MR) is 119 cm³/mol. The van der Waals surface area contributed by atoms with Gasteiger partial charge in [0.1, 0.15) is 0 Å². The minimum absolute atomic E-state index is 0.0526. The summed E-state index contributed by atoms with van der Waals surface area (Å²) in [5.74, 6) is -0.0833. The molecule has 3 rings (SSSR count). The van der Waals surface area contributed by atoms with Crippen molar-refractivity contribution in [3.8, 4) is 0 Å². The van der Waals surface area contributed by atoms with E-state index in [9.17, 15) is 14.4 Å². The van der Waals surface area contributed by atoms with E-state index in [1.807, 2.05) is 31.2 Å². The lowest BCUT2D eigenvalue weighted by atomic mass is 9.93. The van der Waals surface area contributed by atoms with Gasteiger partial charge in [-0.3, -0.25) is 4.79 Å². The molecule has 0 aliphatic carbocycles. The molecule has 3 amide bonds. The van der Waals surface area contributed by atoms with E-state index in [1.165, 1.54) is 12.7 Å². The summed E-state index contributed by atoms with van der Waals surface area (Å²) in [6, 6.07) is 14.4. The molecule has 1 saturated heterocycles. The smallest absolute Gasteiger partial charge is 0.337 e. The second kappa shape index (κ2) is 10.6. The zero-order chi connectivity index (χ0) is 22.2. The number of amides is 3. The Morgan fingerprint density at radius 3 is 2.35 bits per heavy atom. The van der Waals surface area contributed by atoms with Gasteiger partial charge in [-0.25, -0.2) is 9.59 Å². The van der Waals surface area contributed by atoms with Gasteiger partial charge in [-0.05, 0) is 61.1 Å². The van der Waals surface area contributed by atoms with E-state index in [0.717, 1.165) is 18.4 Å². The van der Waals surface area contributed by atoms with Gasteiger partial charge in [0.25, 0.3) is 0 Å². The number of hydrogen-bond donors (Lipinski definition) is 2. The van der Waals surface area contributed by atoms with Crippen LogP contribution in [-0.2, 0) is 16.1 Å². The van der Waals surface area contributed by atoms with Crippen molar-refractivity contribution in [2.75, 3.05) is 25.5 Å². The molecule has 0 bridgehead atoms. The summed E-state index contributed by atoms with van der Waals surface area (Å²) in [5, 5.41) is 5.86. The number of nitrogens with zero attached hydrogens (tertiary/aromatic N) is 1. The van der Waals surface area contributed by atoms with Crippen molar-refractivity contribution in [2.45, 2.75) is 32.7 Å². The SMILES string of the molecule is COC(=O)c1ccc(NC(=O)N2CCC(CC(=O)NCc3ccccc3C)CC2)cc1. The fourth-order valence-corrected chi connectivity index (χ4v) is 3.69. The highest BCUT2D eigenvalue weighted by atomic mass is 16.5. The number of likely N-dealkylation sites (tertiary alicyclic amines) is 1. The Labute approximate surface area is 182 Å². The maximum atomic E-state index is 12.5. The Balaban J connectivity index is 1.40. The van der Waals surface area contributed by atoms with E-state index in [2.05, 4.69) is 15.4 Å². The van der Waals surface area contributed by atoms with Gasteiger partial charge in [-0.1, -0.05) is 24.3 Å². The number of ether oxygens (including phenoxy) is 1. The molecule has 164 valence electrons. The van der Waals surface area contributed by atoms with E-state index in [0.29, 0.717) is 37.3 Å². The number of hydrogen-bond acceptors (Lipinski definition) is 4. The number of aryl methyl sites for hydroxylation is 1. The first-order valence-corrected chi connectivity index (χ1v) is 10.5. The first-order chi connectivity index (χ1) is 15.0. The third kappa shape index (κ3) is 6.31. The number of piperidine rings is 1. The summed E-state index contributed by atoms with van der Waals surface area (Å²) >= 11 is 0. The highest BCUT2D eigenvalue weighted by molar-refractivity contribution is 5.92. The Hall–Kier alpha value is -3.35. The summed E-state index contributed by atoms with van der Waals surface area (Å²) in [4.78, 5) is 38.1. The second-order valence-corrected chi connectivity index (χ2v) is 7.84. The zero-order valence-electron chi connectivity index (χ0n) is 18.0. The molecule has 0 radical (unpaired) electrons. The first kappa shape index (κ1) is 22.3. The number of rotatable bonds is 6. The van der Waals surface area contributed by atoms with Crippen LogP contribution in [0.25, 0.3) is 0 Å². The van der Waals surface area contributed by atoms with Crippen LogP contribution in [0.15, 0.2) is 48.5 Å². The van der Waals surface area contributed by atoms with Crippen molar-refractivity contribution < 1.29 is 19.1 Å². The summed E-state index contributed by atoms with van der Waals surface area (Å²) in [7, 11) is 1.33. The van der Waals surface area contributed by atoms with Gasteiger partial charge in [0.2, 0.25) is 5.91 Å². The maximum Gasteiger partial charge on any atom is 0.337 e. The van der Waals surface area contributed by atoms with Gasteiger partial charge in [-0.15, -0.1) is 0 Å². The molecule has 0 atom stereocenters. The summed E-state index contributed by atoms with van der Waals surface area (Å²) < 4.78 is 4.67. The van der Waals surface area contributed by atoms with Crippen molar-refractivity contribution in [1.82, 2.24) is 10.2 Å². The van der Waals surface area contributed by atoms with Gasteiger partial charge in [0.15, 0.2) is 0 Å². The van der Waals surface area contributed by atoms with Gasteiger partial charge >= 0.3 is 12.0 Å². The Bertz CT molecular complexity index is 919. The normalized spacial score (nSPS) is 14.1. The van der Waals surface area contributed by atoms with Crippen molar-refractivity contribution in [3.05, 3.63) is 65.2 Å². The van der Waals surface area contributed by atoms with Crippen molar-refractivity contribution in [2.24, 2.45) is 5.92 Å². The number of carbonyl (C=O) groups is 3. The molecule has 0 unspecified atom stereocenters. The van der Waals surface area contributed by atoms with Gasteiger partial charge in [-0.2, -0.15) is 0 Å². The quantitative estimate of drug-likeness (QED) is 0.693. The average molecular weight is 424 g/mol. The van der Waals surface area contributed by atoms with Crippen LogP contribution in [0.1, 0.15) is 40.7 Å². The lowest BCUT2D eigenvalue weighted by Crippen LogP contribution is -2.41. The second-order valence-electron chi connectivity index (χ2n) is 7.84. The predicted octanol–water partition coefficient (Wildman–Crippen LogP) is 3.73. The molecule has 1 aliphatic heterocycles. The van der Waals surface area contributed by atoms with E-state index in [1.54, 1.807) is 29.2 Å². The van der Waals surface area contributed by atoms with Crippen LogP contribution in [0.5, 0.6) is 0 Å². The number of nitrogens with one attached hydrogen (secondary N) is 2. The molecule has 7 nitrogen and oxygen atoms in total. The third-order valence-electron chi connectivity index (χ3n) is 5.67. The molecule has 1 heterocycles. The van der Waals surface area contributed by atoms with E-state index < -0.39 is 5.97 Å². The fourth-order valence-electron chi connectivity index (χ4n) is 3.69. The largest absolute Gasteiger partial charge is 0.465 e. The van der Waals surface area contributed by atoms with Crippen LogP contribution < -0.4 is 10.6 Å². The number of esters is 1. The van der Waals surface area contributed by atoms with E-state index in [-0.39, 0.29) is 17.9 Å². The van der Waals surface area contributed by atoms with Crippen LogP contribution in [0.4, 0.5) is 10.5 Å². The molecule has 1 fully saturated rings. The summed E-state index contributed by atoms with van der Waals surface area (Å²) in [5.41, 5.74) is 3.35. The number of benzene rings is 2. The molecular formula is C24H29N3O4. The van der Waals surface area contributed by atoms with Gasteiger partial charge in [0, 0.05) is 31.7 Å². The Morgan fingerprint density at radius 2 is 1.71 bits per heavy atom. The molecule has 7 heteroatoms. The average Bonchev–Trinajstić information content (AvgIpc) is 2.79. The standard InChI is InChI=1S/C24H29N3O4/c1-17-5-3-4-6-20(17)16-25-22(28)15-18-11-13-27(14-12-18)24(30)26-21-9-7-19(8-10-21)23(29)31-2/h3-10,18H,11-16H2,1-2H3,(H,25,28)(H,26,30). The highest BCUT2D eigenvalue weighted by Crippen LogP contribution is 2.21. The monoisotopic (exact) mass is 423 g/mol. The van der Waals surface area contributed by atoms with Crippen molar-refractivity contribution in [1.29, 1.82) is 0 Å². The van der Waals surface area contributed by atoms with Crippen LogP contribution in [0.2, 0.25) is 0 Å². The Kier molecular flexibility index (Phi) is 7.65. The van der Waals surface area contributed by atoms with Crippen LogP contribution >= 0.6 is 0 Å². The minimum atomic E-state index is -0.414. The fraction of sp³-hybridized carbons (Fsp3) is 0.375. The number of methoxy groups -OCH3 is 1. The van der Waals surface area contributed by atoms with E-state index >= 15 is 0 Å². The summed E-state index contributed by atoms with van der Waals surface area (Å²) in [6.45, 7) is 3.81. The van der Waals surface area contributed by atoms with Crippen LogP contribution in [0.3, 0.4) is 0 Å². The molecule has 0 aromatic heterocycles.